The molecule has 0 saturated heterocycles. The van der Waals surface area contributed by atoms with E-state index in [4.69, 9.17) is 11.6 Å². The first-order valence-electron chi connectivity index (χ1n) is 4.88. The minimum absolute atomic E-state index is 0.176. The molecule has 0 amide bonds. The molecular formula is C10H10BrClN2O4. The third kappa shape index (κ3) is 2.62. The maximum Gasteiger partial charge on any atom is 0.309 e. The van der Waals surface area contributed by atoms with Crippen LogP contribution in [-0.2, 0) is 5.41 Å². The largest absolute Gasteiger partial charge is 0.309 e. The van der Waals surface area contributed by atoms with E-state index in [1.165, 1.54) is 6.07 Å². The summed E-state index contributed by atoms with van der Waals surface area (Å²) in [6, 6.07) is 1.26. The molecule has 0 unspecified atom stereocenters. The Hall–Kier alpha value is -1.21. The van der Waals surface area contributed by atoms with Crippen LogP contribution < -0.4 is 0 Å². The molecule has 0 aliphatic heterocycles. The number of hydrogen-bond acceptors (Lipinski definition) is 4. The van der Waals surface area contributed by atoms with Crippen LogP contribution in [0.3, 0.4) is 0 Å². The van der Waals surface area contributed by atoms with Crippen LogP contribution in [0.25, 0.3) is 0 Å². The summed E-state index contributed by atoms with van der Waals surface area (Å²) < 4.78 is 0.176. The zero-order valence-corrected chi connectivity index (χ0v) is 12.2. The summed E-state index contributed by atoms with van der Waals surface area (Å²) in [5.41, 5.74) is -0.962. The van der Waals surface area contributed by atoms with E-state index in [0.29, 0.717) is 5.56 Å². The van der Waals surface area contributed by atoms with Gasteiger partial charge in [0.1, 0.15) is 4.47 Å². The lowest BCUT2D eigenvalue weighted by Gasteiger charge is -2.20. The van der Waals surface area contributed by atoms with Gasteiger partial charge in [0.2, 0.25) is 0 Å². The van der Waals surface area contributed by atoms with Crippen LogP contribution in [0.2, 0.25) is 5.02 Å². The van der Waals surface area contributed by atoms with E-state index in [9.17, 15) is 20.2 Å². The minimum Gasteiger partial charge on any atom is -0.258 e. The highest BCUT2D eigenvalue weighted by Gasteiger charge is 2.33. The molecule has 0 aromatic heterocycles. The van der Waals surface area contributed by atoms with Crippen molar-refractivity contribution in [2.45, 2.75) is 26.2 Å². The second-order valence-electron chi connectivity index (χ2n) is 4.68. The van der Waals surface area contributed by atoms with E-state index in [-0.39, 0.29) is 4.47 Å². The maximum absolute atomic E-state index is 11.0. The Morgan fingerprint density at radius 2 is 1.72 bits per heavy atom. The molecule has 0 saturated carbocycles. The van der Waals surface area contributed by atoms with Gasteiger partial charge in [-0.1, -0.05) is 32.4 Å². The summed E-state index contributed by atoms with van der Waals surface area (Å²) in [5.74, 6) is 0. The molecule has 18 heavy (non-hydrogen) atoms. The smallest absolute Gasteiger partial charge is 0.258 e. The van der Waals surface area contributed by atoms with Crippen LogP contribution in [0.1, 0.15) is 26.3 Å². The molecule has 0 radical (unpaired) electrons. The first kappa shape index (κ1) is 14.8. The van der Waals surface area contributed by atoms with Crippen molar-refractivity contribution in [1.29, 1.82) is 0 Å². The van der Waals surface area contributed by atoms with Gasteiger partial charge in [0.05, 0.1) is 9.85 Å². The van der Waals surface area contributed by atoms with E-state index < -0.39 is 31.7 Å². The van der Waals surface area contributed by atoms with Crippen molar-refractivity contribution in [3.63, 3.8) is 0 Å². The first-order valence-corrected chi connectivity index (χ1v) is 6.05. The van der Waals surface area contributed by atoms with Crippen LogP contribution in [0, 0.1) is 20.2 Å². The van der Waals surface area contributed by atoms with Crippen molar-refractivity contribution >= 4 is 38.9 Å². The summed E-state index contributed by atoms with van der Waals surface area (Å²) in [4.78, 5) is 20.4. The van der Waals surface area contributed by atoms with Crippen molar-refractivity contribution in [3.8, 4) is 0 Å². The number of rotatable bonds is 2. The Kier molecular flexibility index (Phi) is 3.97. The maximum atomic E-state index is 11.0. The number of benzene rings is 1. The monoisotopic (exact) mass is 336 g/mol. The van der Waals surface area contributed by atoms with E-state index in [1.807, 2.05) is 0 Å². The molecule has 0 N–H and O–H groups in total. The van der Waals surface area contributed by atoms with Gasteiger partial charge in [-0.2, -0.15) is 0 Å². The molecular weight excluding hydrogens is 327 g/mol. The molecule has 0 heterocycles. The van der Waals surface area contributed by atoms with Gasteiger partial charge in [-0.05, 0) is 26.9 Å². The van der Waals surface area contributed by atoms with E-state index in [0.717, 1.165) is 0 Å². The summed E-state index contributed by atoms with van der Waals surface area (Å²) in [7, 11) is 0. The van der Waals surface area contributed by atoms with Crippen LogP contribution in [0.4, 0.5) is 11.4 Å². The Morgan fingerprint density at radius 1 is 1.22 bits per heavy atom. The summed E-state index contributed by atoms with van der Waals surface area (Å²) in [6.45, 7) is 5.40. The molecule has 8 heteroatoms. The van der Waals surface area contributed by atoms with Gasteiger partial charge in [0.15, 0.2) is 5.02 Å². The zero-order valence-electron chi connectivity index (χ0n) is 9.86. The predicted molar refractivity (Wildman–Crippen MR) is 71.2 cm³/mol. The summed E-state index contributed by atoms with van der Waals surface area (Å²) >= 11 is 8.82. The second kappa shape index (κ2) is 4.81. The van der Waals surface area contributed by atoms with E-state index in [1.54, 1.807) is 20.8 Å². The molecule has 0 fully saturated rings. The van der Waals surface area contributed by atoms with Gasteiger partial charge in [0.25, 0.3) is 5.69 Å². The SMILES string of the molecule is CC(C)(C)c1cc([N+](=O)[O-])c(Cl)c([N+](=O)[O-])c1Br. The van der Waals surface area contributed by atoms with Crippen molar-refractivity contribution in [1.82, 2.24) is 0 Å². The lowest BCUT2D eigenvalue weighted by atomic mass is 9.86. The molecule has 0 spiro atoms. The Bertz CT molecular complexity index is 540. The van der Waals surface area contributed by atoms with Gasteiger partial charge in [-0.3, -0.25) is 20.2 Å². The molecule has 0 atom stereocenters. The quantitative estimate of drug-likeness (QED) is 0.597. The average Bonchev–Trinajstić information content (AvgIpc) is 2.13. The van der Waals surface area contributed by atoms with E-state index in [2.05, 4.69) is 15.9 Å². The third-order valence-electron chi connectivity index (χ3n) is 2.35. The van der Waals surface area contributed by atoms with Gasteiger partial charge < -0.3 is 0 Å². The van der Waals surface area contributed by atoms with Gasteiger partial charge in [-0.25, -0.2) is 0 Å². The van der Waals surface area contributed by atoms with Crippen LogP contribution in [-0.4, -0.2) is 9.85 Å². The first-order chi connectivity index (χ1) is 8.07. The van der Waals surface area contributed by atoms with Crippen LogP contribution >= 0.6 is 27.5 Å². The Labute approximate surface area is 116 Å². The van der Waals surface area contributed by atoms with Gasteiger partial charge in [-0.15, -0.1) is 0 Å². The molecule has 98 valence electrons. The minimum atomic E-state index is -0.728. The highest BCUT2D eigenvalue weighted by atomic mass is 79.9. The van der Waals surface area contributed by atoms with Gasteiger partial charge in [0, 0.05) is 6.07 Å². The van der Waals surface area contributed by atoms with Gasteiger partial charge >= 0.3 is 5.69 Å². The summed E-state index contributed by atoms with van der Waals surface area (Å²) in [5, 5.41) is 21.4. The normalized spacial score (nSPS) is 11.4. The standard InChI is InChI=1S/C10H10BrClN2O4/c1-10(2,3)5-4-6(13(15)16)8(12)9(7(5)11)14(17)18/h4H,1-3H3. The fraction of sp³-hybridized carbons (Fsp3) is 0.400. The van der Waals surface area contributed by atoms with E-state index >= 15 is 0 Å². The molecule has 1 rings (SSSR count). The van der Waals surface area contributed by atoms with Crippen molar-refractivity contribution < 1.29 is 9.85 Å². The Balaban J connectivity index is 3.78. The lowest BCUT2D eigenvalue weighted by Crippen LogP contribution is -2.14. The van der Waals surface area contributed by atoms with Crippen molar-refractivity contribution in [3.05, 3.63) is 41.4 Å². The van der Waals surface area contributed by atoms with Crippen molar-refractivity contribution in [2.75, 3.05) is 0 Å². The average molecular weight is 338 g/mol. The number of nitrogens with zero attached hydrogens (tertiary/aromatic N) is 2. The number of nitro benzene ring substituents is 2. The molecule has 1 aromatic carbocycles. The number of halogens is 2. The number of hydrogen-bond donors (Lipinski definition) is 0. The predicted octanol–water partition coefficient (Wildman–Crippen LogP) is 4.22. The highest BCUT2D eigenvalue weighted by Crippen LogP contribution is 2.45. The molecule has 6 nitrogen and oxygen atoms in total. The number of nitro groups is 2. The van der Waals surface area contributed by atoms with Crippen LogP contribution in [0.15, 0.2) is 10.5 Å². The topological polar surface area (TPSA) is 86.3 Å². The summed E-state index contributed by atoms with van der Waals surface area (Å²) in [6.07, 6.45) is 0. The third-order valence-corrected chi connectivity index (χ3v) is 3.52. The molecule has 1 aromatic rings. The molecule has 0 aliphatic rings. The molecule has 0 bridgehead atoms. The second-order valence-corrected chi connectivity index (χ2v) is 5.86. The zero-order chi connectivity index (χ0) is 14.2. The molecule has 0 aliphatic carbocycles. The fourth-order valence-corrected chi connectivity index (χ4v) is 2.90. The highest BCUT2D eigenvalue weighted by molar-refractivity contribution is 9.10. The van der Waals surface area contributed by atoms with Crippen LogP contribution in [0.5, 0.6) is 0 Å². The van der Waals surface area contributed by atoms with Crippen molar-refractivity contribution in [2.24, 2.45) is 0 Å². The Morgan fingerprint density at radius 3 is 2.06 bits per heavy atom. The fourth-order valence-electron chi connectivity index (χ4n) is 1.45. The lowest BCUT2D eigenvalue weighted by molar-refractivity contribution is -0.394.